The van der Waals surface area contributed by atoms with Crippen molar-refractivity contribution in [2.45, 2.75) is 64.3 Å². The molecule has 2 aliphatic rings. The number of likely N-dealkylation sites (tertiary alicyclic amines) is 1. The fourth-order valence-corrected chi connectivity index (χ4v) is 4.75. The summed E-state index contributed by atoms with van der Waals surface area (Å²) in [6.07, 6.45) is 11.3. The highest BCUT2D eigenvalue weighted by molar-refractivity contribution is 5.79. The Balaban J connectivity index is 1.64. The molecule has 1 saturated heterocycles. The smallest absolute Gasteiger partial charge is 0.191 e. The van der Waals surface area contributed by atoms with Crippen molar-refractivity contribution < 1.29 is 9.52 Å². The molecule has 1 saturated carbocycles. The summed E-state index contributed by atoms with van der Waals surface area (Å²) in [6.45, 7) is 7.03. The maximum absolute atomic E-state index is 9.56. The molecule has 158 valence electrons. The minimum atomic E-state index is 0.171. The van der Waals surface area contributed by atoms with Gasteiger partial charge in [-0.15, -0.1) is 0 Å². The van der Waals surface area contributed by atoms with Crippen LogP contribution >= 0.6 is 0 Å². The lowest BCUT2D eigenvalue weighted by molar-refractivity contribution is 0.137. The van der Waals surface area contributed by atoms with Gasteiger partial charge in [0.25, 0.3) is 0 Å². The van der Waals surface area contributed by atoms with E-state index in [4.69, 9.17) is 9.41 Å². The second-order valence-corrected chi connectivity index (χ2v) is 8.38. The molecular formula is C22H38N4O2. The summed E-state index contributed by atoms with van der Waals surface area (Å²) < 4.78 is 5.73. The Morgan fingerprint density at radius 1 is 1.21 bits per heavy atom. The van der Waals surface area contributed by atoms with E-state index in [1.54, 1.807) is 6.26 Å². The minimum Gasteiger partial charge on any atom is -0.468 e. The standard InChI is InChI=1S/C22H38N4O2/c1-2-23-21(25-18-22(12-15-27)10-4-3-5-11-22)24-17-19(20-9-8-16-28-20)26-13-6-7-14-26/h8-9,16,19,27H,2-7,10-15,17-18H2,1H3,(H2,23,24,25). The van der Waals surface area contributed by atoms with Crippen LogP contribution in [0.3, 0.4) is 0 Å². The first-order valence-corrected chi connectivity index (χ1v) is 11.2. The quantitative estimate of drug-likeness (QED) is 0.446. The maximum Gasteiger partial charge on any atom is 0.191 e. The van der Waals surface area contributed by atoms with E-state index in [-0.39, 0.29) is 18.1 Å². The molecule has 2 fully saturated rings. The average Bonchev–Trinajstić information content (AvgIpc) is 3.42. The number of nitrogens with zero attached hydrogens (tertiary/aromatic N) is 2. The zero-order valence-corrected chi connectivity index (χ0v) is 17.5. The molecular weight excluding hydrogens is 352 g/mol. The second kappa shape index (κ2) is 10.9. The highest BCUT2D eigenvalue weighted by Crippen LogP contribution is 2.39. The molecule has 1 atom stereocenters. The molecule has 1 aromatic rings. The van der Waals surface area contributed by atoms with Crippen molar-refractivity contribution in [1.82, 2.24) is 15.5 Å². The van der Waals surface area contributed by atoms with Crippen molar-refractivity contribution in [1.29, 1.82) is 0 Å². The van der Waals surface area contributed by atoms with Gasteiger partial charge in [0, 0.05) is 26.2 Å². The van der Waals surface area contributed by atoms with Crippen LogP contribution in [0.15, 0.2) is 27.8 Å². The molecule has 0 amide bonds. The zero-order chi connectivity index (χ0) is 19.7. The Kier molecular flexibility index (Phi) is 8.22. The first-order chi connectivity index (χ1) is 13.8. The number of guanidine groups is 1. The molecule has 0 spiro atoms. The number of aliphatic hydroxyl groups excluding tert-OH is 1. The molecule has 6 nitrogen and oxygen atoms in total. The lowest BCUT2D eigenvalue weighted by atomic mass is 9.72. The van der Waals surface area contributed by atoms with Crippen molar-refractivity contribution >= 4 is 5.96 Å². The molecule has 0 radical (unpaired) electrons. The number of rotatable bonds is 9. The van der Waals surface area contributed by atoms with Gasteiger partial charge in [0.1, 0.15) is 5.76 Å². The van der Waals surface area contributed by atoms with E-state index in [0.717, 1.165) is 50.9 Å². The molecule has 1 aliphatic heterocycles. The van der Waals surface area contributed by atoms with Crippen LogP contribution in [0.5, 0.6) is 0 Å². The first kappa shape index (κ1) is 21.2. The first-order valence-electron chi connectivity index (χ1n) is 11.2. The Morgan fingerprint density at radius 2 is 2.00 bits per heavy atom. The minimum absolute atomic E-state index is 0.171. The fraction of sp³-hybridized carbons (Fsp3) is 0.773. The third kappa shape index (κ3) is 5.74. The van der Waals surface area contributed by atoms with Crippen LogP contribution < -0.4 is 10.6 Å². The van der Waals surface area contributed by atoms with Crippen LogP contribution in [0.4, 0.5) is 0 Å². The number of furan rings is 1. The van der Waals surface area contributed by atoms with Gasteiger partial charge in [-0.3, -0.25) is 9.89 Å². The SMILES string of the molecule is CCNC(=NCC1(CCO)CCCCC1)NCC(c1ccco1)N1CCCC1. The van der Waals surface area contributed by atoms with Crippen LogP contribution in [0.1, 0.15) is 70.1 Å². The second-order valence-electron chi connectivity index (χ2n) is 8.38. The third-order valence-electron chi connectivity index (χ3n) is 6.39. The summed E-state index contributed by atoms with van der Waals surface area (Å²) in [6, 6.07) is 4.29. The topological polar surface area (TPSA) is 73.0 Å². The highest BCUT2D eigenvalue weighted by atomic mass is 16.3. The Hall–Kier alpha value is -1.53. The van der Waals surface area contributed by atoms with Crippen molar-refractivity contribution in [3.05, 3.63) is 24.2 Å². The van der Waals surface area contributed by atoms with E-state index in [1.807, 2.05) is 6.07 Å². The van der Waals surface area contributed by atoms with E-state index in [1.165, 1.54) is 44.9 Å². The number of aliphatic hydroxyl groups is 1. The van der Waals surface area contributed by atoms with Gasteiger partial charge in [-0.1, -0.05) is 19.3 Å². The number of aliphatic imine (C=N–C) groups is 1. The number of hydrogen-bond acceptors (Lipinski definition) is 4. The van der Waals surface area contributed by atoms with Gasteiger partial charge in [0.15, 0.2) is 5.96 Å². The molecule has 0 aromatic carbocycles. The molecule has 1 aromatic heterocycles. The van der Waals surface area contributed by atoms with Gasteiger partial charge in [0.05, 0.1) is 12.3 Å². The van der Waals surface area contributed by atoms with Crippen molar-refractivity contribution in [3.8, 4) is 0 Å². The molecule has 0 bridgehead atoms. The van der Waals surface area contributed by atoms with Crippen LogP contribution in [-0.4, -0.2) is 55.3 Å². The van der Waals surface area contributed by atoms with Gasteiger partial charge in [0.2, 0.25) is 0 Å². The number of hydrogen-bond donors (Lipinski definition) is 3. The summed E-state index contributed by atoms with van der Waals surface area (Å²) in [5.74, 6) is 1.90. The molecule has 6 heteroatoms. The lowest BCUT2D eigenvalue weighted by Gasteiger charge is -2.36. The Labute approximate surface area is 169 Å². The molecule has 1 aliphatic carbocycles. The van der Waals surface area contributed by atoms with Crippen molar-refractivity contribution in [3.63, 3.8) is 0 Å². The lowest BCUT2D eigenvalue weighted by Crippen LogP contribution is -2.43. The van der Waals surface area contributed by atoms with Crippen LogP contribution in [0, 0.1) is 5.41 Å². The Bertz CT molecular complexity index is 570. The van der Waals surface area contributed by atoms with Gasteiger partial charge in [-0.25, -0.2) is 0 Å². The largest absolute Gasteiger partial charge is 0.468 e. The van der Waals surface area contributed by atoms with E-state index in [9.17, 15) is 5.11 Å². The summed E-state index contributed by atoms with van der Waals surface area (Å²) in [5, 5.41) is 16.5. The van der Waals surface area contributed by atoms with Gasteiger partial charge >= 0.3 is 0 Å². The van der Waals surface area contributed by atoms with Gasteiger partial charge in [-0.05, 0) is 69.7 Å². The van der Waals surface area contributed by atoms with Gasteiger partial charge in [-0.2, -0.15) is 0 Å². The fourth-order valence-electron chi connectivity index (χ4n) is 4.75. The predicted octanol–water partition coefficient (Wildman–Crippen LogP) is 3.30. The van der Waals surface area contributed by atoms with Crippen molar-refractivity contribution in [2.24, 2.45) is 10.4 Å². The monoisotopic (exact) mass is 390 g/mol. The zero-order valence-electron chi connectivity index (χ0n) is 17.5. The van der Waals surface area contributed by atoms with E-state index in [2.05, 4.69) is 28.5 Å². The van der Waals surface area contributed by atoms with E-state index >= 15 is 0 Å². The summed E-state index contributed by atoms with van der Waals surface area (Å²) in [5.41, 5.74) is 0.171. The summed E-state index contributed by atoms with van der Waals surface area (Å²) in [7, 11) is 0. The molecule has 28 heavy (non-hydrogen) atoms. The third-order valence-corrected chi connectivity index (χ3v) is 6.39. The Morgan fingerprint density at radius 3 is 2.64 bits per heavy atom. The normalized spacial score (nSPS) is 21.6. The summed E-state index contributed by atoms with van der Waals surface area (Å²) in [4.78, 5) is 7.45. The summed E-state index contributed by atoms with van der Waals surface area (Å²) >= 11 is 0. The molecule has 3 N–H and O–H groups in total. The highest BCUT2D eigenvalue weighted by Gasteiger charge is 2.31. The van der Waals surface area contributed by atoms with Crippen molar-refractivity contribution in [2.75, 3.05) is 39.3 Å². The van der Waals surface area contributed by atoms with Gasteiger partial charge < -0.3 is 20.2 Å². The van der Waals surface area contributed by atoms with Crippen LogP contribution in [0.2, 0.25) is 0 Å². The van der Waals surface area contributed by atoms with E-state index in [0.29, 0.717) is 0 Å². The molecule has 3 rings (SSSR count). The molecule has 2 heterocycles. The van der Waals surface area contributed by atoms with Crippen LogP contribution in [0.25, 0.3) is 0 Å². The number of nitrogens with one attached hydrogen (secondary N) is 2. The predicted molar refractivity (Wildman–Crippen MR) is 113 cm³/mol. The maximum atomic E-state index is 9.56. The van der Waals surface area contributed by atoms with E-state index < -0.39 is 0 Å². The molecule has 1 unspecified atom stereocenters. The average molecular weight is 391 g/mol. The van der Waals surface area contributed by atoms with Crippen LogP contribution in [-0.2, 0) is 0 Å².